The molecule has 0 aromatic heterocycles. The Labute approximate surface area is 176 Å². The van der Waals surface area contributed by atoms with Crippen molar-refractivity contribution in [2.75, 3.05) is 25.5 Å². The van der Waals surface area contributed by atoms with Crippen LogP contribution < -0.4 is 16.0 Å². The van der Waals surface area contributed by atoms with E-state index in [1.54, 1.807) is 18.2 Å². The lowest BCUT2D eigenvalue weighted by Crippen LogP contribution is -2.44. The fraction of sp³-hybridized carbons (Fsp3) is 0.250. The summed E-state index contributed by atoms with van der Waals surface area (Å²) < 4.78 is 13.8. The van der Waals surface area contributed by atoms with E-state index < -0.39 is 11.9 Å². The second-order valence-electron chi connectivity index (χ2n) is 6.42. The topological polar surface area (TPSA) is 90.5 Å². The van der Waals surface area contributed by atoms with Gasteiger partial charge in [0, 0.05) is 23.8 Å². The van der Waals surface area contributed by atoms with E-state index in [2.05, 4.69) is 31.9 Å². The Morgan fingerprint density at radius 2 is 1.76 bits per heavy atom. The van der Waals surface area contributed by atoms with Gasteiger partial charge in [-0.05, 0) is 48.4 Å². The van der Waals surface area contributed by atoms with Crippen molar-refractivity contribution in [1.29, 1.82) is 0 Å². The first-order valence-corrected chi connectivity index (χ1v) is 9.60. The van der Waals surface area contributed by atoms with E-state index in [9.17, 15) is 18.8 Å². The molecule has 0 spiro atoms. The number of carbonyl (C=O) groups excluding carboxylic acids is 3. The number of urea groups is 1. The van der Waals surface area contributed by atoms with Gasteiger partial charge in [-0.1, -0.05) is 28.1 Å². The van der Waals surface area contributed by atoms with Crippen LogP contribution in [-0.2, 0) is 16.1 Å². The minimum Gasteiger partial charge on any atom is -0.335 e. The average Bonchev–Trinajstić information content (AvgIpc) is 2.67. The number of nitrogens with one attached hydrogen (secondary N) is 3. The summed E-state index contributed by atoms with van der Waals surface area (Å²) in [5, 5.41) is 7.75. The zero-order valence-electron chi connectivity index (χ0n) is 16.1. The van der Waals surface area contributed by atoms with Crippen molar-refractivity contribution in [2.24, 2.45) is 0 Å². The highest BCUT2D eigenvalue weighted by molar-refractivity contribution is 9.10. The Kier molecular flexibility index (Phi) is 8.14. The molecule has 2 rings (SSSR count). The molecule has 29 heavy (non-hydrogen) atoms. The van der Waals surface area contributed by atoms with Gasteiger partial charge in [0.05, 0.1) is 13.1 Å². The maximum atomic E-state index is 12.8. The zero-order chi connectivity index (χ0) is 21.4. The van der Waals surface area contributed by atoms with Crippen LogP contribution in [-0.4, -0.2) is 42.9 Å². The summed E-state index contributed by atoms with van der Waals surface area (Å²) in [6.07, 6.45) is 0. The molecule has 0 atom stereocenters. The lowest BCUT2D eigenvalue weighted by Gasteiger charge is -2.18. The molecular formula is C20H22BrFN4O3. The van der Waals surface area contributed by atoms with Crippen LogP contribution in [0.5, 0.6) is 0 Å². The summed E-state index contributed by atoms with van der Waals surface area (Å²) in [4.78, 5) is 37.3. The molecule has 3 N–H and O–H groups in total. The van der Waals surface area contributed by atoms with Crippen molar-refractivity contribution in [3.8, 4) is 0 Å². The van der Waals surface area contributed by atoms with Gasteiger partial charge in [-0.3, -0.25) is 9.59 Å². The highest BCUT2D eigenvalue weighted by Crippen LogP contribution is 2.19. The van der Waals surface area contributed by atoms with E-state index in [1.165, 1.54) is 24.1 Å². The fourth-order valence-electron chi connectivity index (χ4n) is 2.40. The van der Waals surface area contributed by atoms with Crippen LogP contribution in [0.15, 0.2) is 46.9 Å². The largest absolute Gasteiger partial charge is 0.335 e. The van der Waals surface area contributed by atoms with Gasteiger partial charge in [-0.15, -0.1) is 0 Å². The van der Waals surface area contributed by atoms with Crippen LogP contribution >= 0.6 is 15.9 Å². The van der Waals surface area contributed by atoms with E-state index in [4.69, 9.17) is 0 Å². The first-order valence-electron chi connectivity index (χ1n) is 8.80. The van der Waals surface area contributed by atoms with Gasteiger partial charge in [0.2, 0.25) is 11.8 Å². The summed E-state index contributed by atoms with van der Waals surface area (Å²) in [5.74, 6) is -1.11. The van der Waals surface area contributed by atoms with Gasteiger partial charge in [0.1, 0.15) is 5.82 Å². The summed E-state index contributed by atoms with van der Waals surface area (Å²) in [7, 11) is 1.48. The van der Waals surface area contributed by atoms with Gasteiger partial charge < -0.3 is 20.9 Å². The number of nitrogens with zero attached hydrogens (tertiary/aromatic N) is 1. The summed E-state index contributed by atoms with van der Waals surface area (Å²) in [5.41, 5.74) is 2.28. The van der Waals surface area contributed by atoms with Crippen LogP contribution in [0.2, 0.25) is 0 Å². The van der Waals surface area contributed by atoms with E-state index in [0.29, 0.717) is 5.69 Å². The predicted octanol–water partition coefficient (Wildman–Crippen LogP) is 2.79. The molecule has 0 heterocycles. The quantitative estimate of drug-likeness (QED) is 0.588. The van der Waals surface area contributed by atoms with Crippen LogP contribution in [0.1, 0.15) is 11.1 Å². The minimum absolute atomic E-state index is 0.146. The highest BCUT2D eigenvalue weighted by Gasteiger charge is 2.14. The Bertz CT molecular complexity index is 890. The first-order chi connectivity index (χ1) is 13.7. The summed E-state index contributed by atoms with van der Waals surface area (Å²) in [6.45, 7) is 1.67. The van der Waals surface area contributed by atoms with Gasteiger partial charge in [-0.25, -0.2) is 9.18 Å². The van der Waals surface area contributed by atoms with Crippen molar-refractivity contribution >= 4 is 39.5 Å². The zero-order valence-corrected chi connectivity index (χ0v) is 17.7. The maximum absolute atomic E-state index is 12.8. The molecule has 0 saturated carbocycles. The predicted molar refractivity (Wildman–Crippen MR) is 112 cm³/mol. The number of anilines is 1. The number of hydrogen-bond acceptors (Lipinski definition) is 3. The molecule has 0 bridgehead atoms. The van der Waals surface area contributed by atoms with Crippen LogP contribution in [0.3, 0.4) is 0 Å². The van der Waals surface area contributed by atoms with Crippen molar-refractivity contribution in [2.45, 2.75) is 13.5 Å². The lowest BCUT2D eigenvalue weighted by molar-refractivity contribution is -0.132. The van der Waals surface area contributed by atoms with Gasteiger partial charge in [0.25, 0.3) is 0 Å². The molecule has 0 fully saturated rings. The van der Waals surface area contributed by atoms with Crippen LogP contribution in [0, 0.1) is 12.7 Å². The molecule has 9 heteroatoms. The van der Waals surface area contributed by atoms with Gasteiger partial charge in [-0.2, -0.15) is 0 Å². The Balaban J connectivity index is 1.72. The Morgan fingerprint density at radius 1 is 1.07 bits per heavy atom. The van der Waals surface area contributed by atoms with Gasteiger partial charge >= 0.3 is 6.03 Å². The molecule has 2 aromatic rings. The molecule has 4 amide bonds. The second-order valence-corrected chi connectivity index (χ2v) is 7.34. The smallest absolute Gasteiger partial charge is 0.315 e. The number of hydrogen-bond donors (Lipinski definition) is 3. The molecule has 0 saturated heterocycles. The SMILES string of the molecule is Cc1cc(Br)ccc1NC(=O)CN(C)C(=O)CNC(=O)NCc1ccc(F)cc1. The normalized spacial score (nSPS) is 10.2. The van der Waals surface area contributed by atoms with E-state index >= 15 is 0 Å². The standard InChI is InChI=1S/C20H22BrFN4O3/c1-13-9-15(21)5-8-17(13)25-18(27)12-26(2)19(28)11-24-20(29)23-10-14-3-6-16(22)7-4-14/h3-9H,10-12H2,1-2H3,(H,25,27)(H2,23,24,29). The number of aryl methyl sites for hydroxylation is 1. The fourth-order valence-corrected chi connectivity index (χ4v) is 2.87. The Hall–Kier alpha value is -2.94. The summed E-state index contributed by atoms with van der Waals surface area (Å²) in [6, 6.07) is 10.6. The van der Waals surface area contributed by atoms with Gasteiger partial charge in [0.15, 0.2) is 0 Å². The van der Waals surface area contributed by atoms with Crippen molar-refractivity contribution in [3.05, 3.63) is 63.9 Å². The van der Waals surface area contributed by atoms with Crippen molar-refractivity contribution in [1.82, 2.24) is 15.5 Å². The minimum atomic E-state index is -0.536. The summed E-state index contributed by atoms with van der Waals surface area (Å²) >= 11 is 3.36. The molecule has 0 unspecified atom stereocenters. The highest BCUT2D eigenvalue weighted by atomic mass is 79.9. The van der Waals surface area contributed by atoms with E-state index in [0.717, 1.165) is 15.6 Å². The number of amides is 4. The van der Waals surface area contributed by atoms with E-state index in [1.807, 2.05) is 19.1 Å². The Morgan fingerprint density at radius 3 is 2.41 bits per heavy atom. The molecule has 0 aliphatic carbocycles. The average molecular weight is 465 g/mol. The molecule has 0 aliphatic rings. The maximum Gasteiger partial charge on any atom is 0.315 e. The van der Waals surface area contributed by atoms with Crippen molar-refractivity contribution in [3.63, 3.8) is 0 Å². The van der Waals surface area contributed by atoms with Crippen LogP contribution in [0.25, 0.3) is 0 Å². The lowest BCUT2D eigenvalue weighted by atomic mass is 10.2. The number of benzene rings is 2. The second kappa shape index (κ2) is 10.6. The van der Waals surface area contributed by atoms with Crippen molar-refractivity contribution < 1.29 is 18.8 Å². The number of halogens is 2. The molecule has 7 nitrogen and oxygen atoms in total. The van der Waals surface area contributed by atoms with E-state index in [-0.39, 0.29) is 31.4 Å². The number of likely N-dealkylation sites (N-methyl/N-ethyl adjacent to an activating group) is 1. The third-order valence-corrected chi connectivity index (χ3v) is 4.53. The molecule has 154 valence electrons. The third kappa shape index (κ3) is 7.53. The molecule has 0 radical (unpaired) electrons. The monoisotopic (exact) mass is 464 g/mol. The van der Waals surface area contributed by atoms with Crippen LogP contribution in [0.4, 0.5) is 14.9 Å². The third-order valence-electron chi connectivity index (χ3n) is 4.04. The number of rotatable bonds is 7. The first kappa shape index (κ1) is 22.4. The number of carbonyl (C=O) groups is 3. The molecular weight excluding hydrogens is 443 g/mol. The molecule has 0 aliphatic heterocycles. The molecule has 2 aromatic carbocycles.